The lowest BCUT2D eigenvalue weighted by atomic mass is 9.89. The Morgan fingerprint density at radius 3 is 2.62 bits per heavy atom. The van der Waals surface area contributed by atoms with E-state index < -0.39 is 11.5 Å². The molecule has 0 aromatic heterocycles. The summed E-state index contributed by atoms with van der Waals surface area (Å²) in [6.45, 7) is 3.34. The maximum Gasteiger partial charge on any atom is 0.324 e. The molecule has 5 nitrogen and oxygen atoms in total. The van der Waals surface area contributed by atoms with Crippen LogP contribution in [0.5, 0.6) is 0 Å². The second-order valence-corrected chi connectivity index (χ2v) is 4.61. The van der Waals surface area contributed by atoms with E-state index in [4.69, 9.17) is 9.47 Å². The summed E-state index contributed by atoms with van der Waals surface area (Å²) < 4.78 is 10.5. The van der Waals surface area contributed by atoms with E-state index in [1.807, 2.05) is 0 Å². The van der Waals surface area contributed by atoms with Crippen LogP contribution in [-0.4, -0.2) is 49.6 Å². The van der Waals surface area contributed by atoms with Gasteiger partial charge in [-0.05, 0) is 25.2 Å². The highest BCUT2D eigenvalue weighted by Gasteiger charge is 2.40. The number of nitrogens with one attached hydrogen (secondary N) is 1. The molecule has 92 valence electrons. The molecule has 2 heterocycles. The SMILES string of the molecule is O=C(O)C1(NCC2CCOC2)CCOCC1. The number of aliphatic carboxylic acids is 1. The minimum absolute atomic E-state index is 0.457. The molecule has 2 saturated heterocycles. The number of ether oxygens (including phenoxy) is 2. The lowest BCUT2D eigenvalue weighted by Crippen LogP contribution is -2.56. The Bertz CT molecular complexity index is 244. The van der Waals surface area contributed by atoms with Crippen molar-refractivity contribution < 1.29 is 19.4 Å². The Morgan fingerprint density at radius 2 is 2.06 bits per heavy atom. The molecule has 2 fully saturated rings. The van der Waals surface area contributed by atoms with E-state index in [-0.39, 0.29) is 0 Å². The average molecular weight is 229 g/mol. The fourth-order valence-electron chi connectivity index (χ4n) is 2.27. The molecule has 0 aromatic rings. The molecule has 0 amide bonds. The molecule has 0 spiro atoms. The molecule has 0 radical (unpaired) electrons. The number of carboxylic acids is 1. The second kappa shape index (κ2) is 5.12. The first-order chi connectivity index (χ1) is 7.73. The van der Waals surface area contributed by atoms with E-state index in [0.29, 0.717) is 32.0 Å². The second-order valence-electron chi connectivity index (χ2n) is 4.61. The molecule has 0 bridgehead atoms. The van der Waals surface area contributed by atoms with E-state index in [9.17, 15) is 9.90 Å². The summed E-state index contributed by atoms with van der Waals surface area (Å²) in [6.07, 6.45) is 2.13. The zero-order chi connectivity index (χ0) is 11.4. The quantitative estimate of drug-likeness (QED) is 0.723. The van der Waals surface area contributed by atoms with Gasteiger partial charge in [0.1, 0.15) is 5.54 Å². The number of hydrogen-bond donors (Lipinski definition) is 2. The topological polar surface area (TPSA) is 67.8 Å². The molecular weight excluding hydrogens is 210 g/mol. The molecule has 5 heteroatoms. The Kier molecular flexibility index (Phi) is 3.78. The van der Waals surface area contributed by atoms with Crippen molar-refractivity contribution in [2.75, 3.05) is 33.0 Å². The van der Waals surface area contributed by atoms with Gasteiger partial charge in [0, 0.05) is 26.4 Å². The van der Waals surface area contributed by atoms with E-state index >= 15 is 0 Å². The fourth-order valence-corrected chi connectivity index (χ4v) is 2.27. The van der Waals surface area contributed by atoms with Crippen molar-refractivity contribution in [3.8, 4) is 0 Å². The molecule has 0 aromatic carbocycles. The molecule has 16 heavy (non-hydrogen) atoms. The van der Waals surface area contributed by atoms with Crippen LogP contribution in [0, 0.1) is 5.92 Å². The number of hydrogen-bond acceptors (Lipinski definition) is 4. The summed E-state index contributed by atoms with van der Waals surface area (Å²) in [5.74, 6) is -0.297. The minimum Gasteiger partial charge on any atom is -0.480 e. The van der Waals surface area contributed by atoms with Gasteiger partial charge in [-0.15, -0.1) is 0 Å². The Labute approximate surface area is 95.1 Å². The van der Waals surface area contributed by atoms with Crippen LogP contribution in [0.4, 0.5) is 0 Å². The zero-order valence-corrected chi connectivity index (χ0v) is 9.41. The van der Waals surface area contributed by atoms with Crippen LogP contribution in [0.2, 0.25) is 0 Å². The fraction of sp³-hybridized carbons (Fsp3) is 0.909. The summed E-state index contributed by atoms with van der Waals surface area (Å²) in [6, 6.07) is 0. The van der Waals surface area contributed by atoms with Crippen molar-refractivity contribution in [1.29, 1.82) is 0 Å². The maximum absolute atomic E-state index is 11.3. The van der Waals surface area contributed by atoms with Gasteiger partial charge in [0.05, 0.1) is 6.61 Å². The third-order valence-corrected chi connectivity index (χ3v) is 3.51. The zero-order valence-electron chi connectivity index (χ0n) is 9.41. The molecule has 1 unspecified atom stereocenters. The minimum atomic E-state index is -0.777. The third kappa shape index (κ3) is 2.53. The van der Waals surface area contributed by atoms with Crippen molar-refractivity contribution in [1.82, 2.24) is 5.32 Å². The Morgan fingerprint density at radius 1 is 1.31 bits per heavy atom. The third-order valence-electron chi connectivity index (χ3n) is 3.51. The lowest BCUT2D eigenvalue weighted by molar-refractivity contribution is -0.149. The summed E-state index contributed by atoms with van der Waals surface area (Å²) in [7, 11) is 0. The molecule has 1 atom stereocenters. The van der Waals surface area contributed by atoms with Gasteiger partial charge in [0.15, 0.2) is 0 Å². The lowest BCUT2D eigenvalue weighted by Gasteiger charge is -2.34. The summed E-state index contributed by atoms with van der Waals surface area (Å²) in [5.41, 5.74) is -0.777. The van der Waals surface area contributed by atoms with Crippen LogP contribution in [0.15, 0.2) is 0 Å². The normalized spacial score (nSPS) is 29.1. The van der Waals surface area contributed by atoms with Gasteiger partial charge >= 0.3 is 5.97 Å². The predicted molar refractivity (Wildman–Crippen MR) is 57.3 cm³/mol. The predicted octanol–water partition coefficient (Wildman–Crippen LogP) is 0.246. The van der Waals surface area contributed by atoms with Crippen LogP contribution in [0.1, 0.15) is 19.3 Å². The van der Waals surface area contributed by atoms with Crippen LogP contribution < -0.4 is 5.32 Å². The van der Waals surface area contributed by atoms with Crippen LogP contribution in [0.25, 0.3) is 0 Å². The monoisotopic (exact) mass is 229 g/mol. The highest BCUT2D eigenvalue weighted by Crippen LogP contribution is 2.22. The molecule has 0 saturated carbocycles. The summed E-state index contributed by atoms with van der Waals surface area (Å²) in [4.78, 5) is 11.3. The van der Waals surface area contributed by atoms with Crippen LogP contribution >= 0.6 is 0 Å². The molecular formula is C11H19NO4. The van der Waals surface area contributed by atoms with Crippen molar-refractivity contribution >= 4 is 5.97 Å². The highest BCUT2D eigenvalue weighted by atomic mass is 16.5. The first-order valence-corrected chi connectivity index (χ1v) is 5.87. The number of carbonyl (C=O) groups is 1. The molecule has 2 N–H and O–H groups in total. The van der Waals surface area contributed by atoms with Gasteiger partial charge < -0.3 is 19.9 Å². The maximum atomic E-state index is 11.3. The molecule has 2 aliphatic heterocycles. The van der Waals surface area contributed by atoms with Gasteiger partial charge in [-0.3, -0.25) is 4.79 Å². The van der Waals surface area contributed by atoms with Gasteiger partial charge in [-0.2, -0.15) is 0 Å². The van der Waals surface area contributed by atoms with Gasteiger partial charge in [-0.25, -0.2) is 0 Å². The van der Waals surface area contributed by atoms with Gasteiger partial charge in [0.2, 0.25) is 0 Å². The van der Waals surface area contributed by atoms with E-state index in [0.717, 1.165) is 26.2 Å². The first kappa shape index (κ1) is 11.8. The summed E-state index contributed by atoms with van der Waals surface area (Å²) in [5, 5.41) is 12.5. The van der Waals surface area contributed by atoms with Gasteiger partial charge in [0.25, 0.3) is 0 Å². The van der Waals surface area contributed by atoms with Gasteiger partial charge in [-0.1, -0.05) is 0 Å². The Hall–Kier alpha value is -0.650. The number of carboxylic acid groups (broad SMARTS) is 1. The van der Waals surface area contributed by atoms with Crippen molar-refractivity contribution in [3.63, 3.8) is 0 Å². The molecule has 0 aliphatic carbocycles. The highest BCUT2D eigenvalue weighted by molar-refractivity contribution is 5.78. The number of rotatable bonds is 4. The molecule has 2 rings (SSSR count). The summed E-state index contributed by atoms with van der Waals surface area (Å²) >= 11 is 0. The standard InChI is InChI=1S/C11H19NO4/c13-10(14)11(2-5-15-6-3-11)12-7-9-1-4-16-8-9/h9,12H,1-8H2,(H,13,14). The first-order valence-electron chi connectivity index (χ1n) is 5.87. The largest absolute Gasteiger partial charge is 0.480 e. The van der Waals surface area contributed by atoms with Crippen LogP contribution in [-0.2, 0) is 14.3 Å². The van der Waals surface area contributed by atoms with Crippen molar-refractivity contribution in [2.24, 2.45) is 5.92 Å². The molecule has 2 aliphatic rings. The van der Waals surface area contributed by atoms with E-state index in [1.54, 1.807) is 0 Å². The van der Waals surface area contributed by atoms with E-state index in [2.05, 4.69) is 5.32 Å². The average Bonchev–Trinajstić information content (AvgIpc) is 2.80. The van der Waals surface area contributed by atoms with E-state index in [1.165, 1.54) is 0 Å². The smallest absolute Gasteiger partial charge is 0.324 e. The van der Waals surface area contributed by atoms with Crippen LogP contribution in [0.3, 0.4) is 0 Å². The Balaban J connectivity index is 1.88. The van der Waals surface area contributed by atoms with Crippen molar-refractivity contribution in [3.05, 3.63) is 0 Å². The van der Waals surface area contributed by atoms with Crippen molar-refractivity contribution in [2.45, 2.75) is 24.8 Å².